The van der Waals surface area contributed by atoms with E-state index in [-0.39, 0.29) is 23.3 Å². The number of nitrogens with one attached hydrogen (secondary N) is 4. The Hall–Kier alpha value is -8.28. The summed E-state index contributed by atoms with van der Waals surface area (Å²) in [4.78, 5) is 27.6. The standard InChI is InChI=1S/C17H17F3N4O.C15H17ClN4O.2C14H14ClN5/c1-9-22-15-14(25-9)7-24(8-16(15,2)3)13-5-10(17(18,19)20)4-12-11(13)6-21-23-12;1-19-11-3-2-9(15(19)21)7-20(8-11)14-5-10(16)4-13-12(14)6-17-18-13;1-19-7-9-2-3-20(8-13(9)18-19)14-5-10(15)4-12-11(14)6-16-17-12;1-19-14-8-20(3-2-9(14)6-17-19)13-5-10(15)4-12-11(13)7-16-18-12/h4-6H,7-8H2,1-3H3,(H,21,23);4-6,9,11H,2-3,7-8H2,1H3,(H,17,18);4-7H,2-3,8H2,1H3,(H,16,17);4-7H,2-3,8H2,1H3,(H,16,18)/t;9-,11+;;/m.1../s1. The van der Waals surface area contributed by atoms with Crippen molar-refractivity contribution in [3.8, 4) is 0 Å². The maximum absolute atomic E-state index is 13.3. The summed E-state index contributed by atoms with van der Waals surface area (Å²) in [5, 5.41) is 42.8. The Morgan fingerprint density at radius 1 is 0.640 bits per heavy atom. The van der Waals surface area contributed by atoms with E-state index in [2.05, 4.69) is 76.9 Å². The first-order chi connectivity index (χ1) is 41.2. The number of hydrogen-bond donors (Lipinski definition) is 4. The molecule has 1 amide bonds. The molecule has 11 aromatic rings. The average molecular weight is 1230 g/mol. The van der Waals surface area contributed by atoms with Crippen LogP contribution in [0.2, 0.25) is 15.1 Å². The van der Waals surface area contributed by atoms with Gasteiger partial charge in [0.15, 0.2) is 5.89 Å². The number of fused-ring (bicyclic) bond motifs is 11. The van der Waals surface area contributed by atoms with Crippen molar-refractivity contribution in [3.05, 3.63) is 146 Å². The summed E-state index contributed by atoms with van der Waals surface area (Å²) in [5.41, 5.74) is 12.0. The Kier molecular flexibility index (Phi) is 14.7. The molecule has 446 valence electrons. The minimum atomic E-state index is -4.42. The molecule has 86 heavy (non-hydrogen) atoms. The highest BCUT2D eigenvalue weighted by atomic mass is 35.5. The van der Waals surface area contributed by atoms with Gasteiger partial charge in [-0.15, -0.1) is 0 Å². The molecule has 0 spiro atoms. The molecular formula is C60H62Cl3F3N18O2. The lowest BCUT2D eigenvalue weighted by atomic mass is 9.84. The van der Waals surface area contributed by atoms with E-state index in [0.29, 0.717) is 46.4 Å². The van der Waals surface area contributed by atoms with E-state index >= 15 is 0 Å². The zero-order valence-electron chi connectivity index (χ0n) is 48.1. The Bertz CT molecular complexity index is 4340. The number of carbonyl (C=O) groups excluding carboxylic acids is 1. The molecule has 0 unspecified atom stereocenters. The van der Waals surface area contributed by atoms with Gasteiger partial charge in [0, 0.05) is 138 Å². The fraction of sp³-hybridized carbons (Fsp3) is 0.367. The zero-order valence-corrected chi connectivity index (χ0v) is 50.3. The van der Waals surface area contributed by atoms with Crippen molar-refractivity contribution in [3.63, 3.8) is 0 Å². The van der Waals surface area contributed by atoms with Gasteiger partial charge in [0.05, 0.1) is 101 Å². The molecule has 13 heterocycles. The first-order valence-corrected chi connectivity index (χ1v) is 29.5. The summed E-state index contributed by atoms with van der Waals surface area (Å²) in [6.45, 7) is 12.0. The SMILES string of the molecule is CN1C(=O)[C@@H]2CC[C@H]1CN(c1cc(Cl)cc3[nH]ncc13)C2.Cc1nc2c(o1)CN(c1cc(C(F)(F)F)cc3[nH]ncc13)CC2(C)C.Cn1cc2c(n1)CN(c1cc(Cl)cc3[nH]ncc13)CC2.Cn1ncc2c1CN(c1cc(Cl)cc3[nH]ncc13)CC2. The first kappa shape index (κ1) is 56.8. The van der Waals surface area contributed by atoms with Crippen molar-refractivity contribution in [1.29, 1.82) is 0 Å². The number of rotatable bonds is 4. The maximum atomic E-state index is 13.3. The molecule has 0 saturated carbocycles. The van der Waals surface area contributed by atoms with Crippen LogP contribution in [0, 0.1) is 12.8 Å². The summed E-state index contributed by atoms with van der Waals surface area (Å²) in [5.74, 6) is 1.63. The molecule has 7 aromatic heterocycles. The molecule has 2 atom stereocenters. The van der Waals surface area contributed by atoms with E-state index in [1.807, 2.05) is 115 Å². The van der Waals surface area contributed by atoms with Crippen LogP contribution < -0.4 is 19.6 Å². The van der Waals surface area contributed by atoms with Crippen LogP contribution in [0.15, 0.2) is 90.1 Å². The zero-order chi connectivity index (χ0) is 59.9. The third-order valence-corrected chi connectivity index (χ3v) is 17.8. The van der Waals surface area contributed by atoms with E-state index in [1.54, 1.807) is 13.1 Å². The predicted octanol–water partition coefficient (Wildman–Crippen LogP) is 11.5. The van der Waals surface area contributed by atoms with Gasteiger partial charge in [-0.2, -0.15) is 43.8 Å². The van der Waals surface area contributed by atoms with Gasteiger partial charge in [-0.05, 0) is 85.3 Å². The number of likely N-dealkylation sites (N-methyl/N-ethyl adjacent to an activating group) is 1. The van der Waals surface area contributed by atoms with Crippen LogP contribution in [0.3, 0.4) is 0 Å². The minimum Gasteiger partial charge on any atom is -0.444 e. The summed E-state index contributed by atoms with van der Waals surface area (Å²) in [7, 11) is 5.89. The van der Waals surface area contributed by atoms with Crippen molar-refractivity contribution in [1.82, 2.24) is 70.2 Å². The monoisotopic (exact) mass is 1230 g/mol. The summed E-state index contributed by atoms with van der Waals surface area (Å²) in [6.07, 6.45) is 10.8. The molecule has 20 nitrogen and oxygen atoms in total. The number of benzene rings is 4. The molecule has 6 aliphatic heterocycles. The number of aryl methyl sites for hydroxylation is 3. The summed E-state index contributed by atoms with van der Waals surface area (Å²) in [6, 6.07) is 14.3. The van der Waals surface area contributed by atoms with Crippen LogP contribution in [-0.2, 0) is 63.0 Å². The van der Waals surface area contributed by atoms with Crippen molar-refractivity contribution < 1.29 is 22.4 Å². The van der Waals surface area contributed by atoms with Gasteiger partial charge < -0.3 is 28.9 Å². The second-order valence-electron chi connectivity index (χ2n) is 23.5. The summed E-state index contributed by atoms with van der Waals surface area (Å²) >= 11 is 18.7. The smallest absolute Gasteiger partial charge is 0.416 e. The van der Waals surface area contributed by atoms with Gasteiger partial charge >= 0.3 is 6.18 Å². The van der Waals surface area contributed by atoms with Crippen LogP contribution >= 0.6 is 34.8 Å². The molecule has 3 fully saturated rings. The topological polar surface area (TPSA) is 210 Å². The van der Waals surface area contributed by atoms with E-state index in [4.69, 9.17) is 39.2 Å². The quantitative estimate of drug-likeness (QED) is 0.129. The molecule has 3 saturated heterocycles. The Balaban J connectivity index is 0.000000107. The van der Waals surface area contributed by atoms with Gasteiger partial charge in [-0.25, -0.2) is 4.98 Å². The number of anilines is 4. The number of piperidine rings is 1. The van der Waals surface area contributed by atoms with Gasteiger partial charge in [0.2, 0.25) is 5.91 Å². The van der Waals surface area contributed by atoms with E-state index < -0.39 is 11.7 Å². The highest BCUT2D eigenvalue weighted by Crippen LogP contribution is 2.42. The lowest BCUT2D eigenvalue weighted by Crippen LogP contribution is -2.45. The van der Waals surface area contributed by atoms with Crippen LogP contribution in [0.5, 0.6) is 0 Å². The fourth-order valence-electron chi connectivity index (χ4n) is 12.9. The second kappa shape index (κ2) is 22.2. The molecule has 0 aliphatic carbocycles. The molecule has 26 heteroatoms. The molecular weight excluding hydrogens is 1170 g/mol. The Labute approximate surface area is 506 Å². The number of alkyl halides is 3. The van der Waals surface area contributed by atoms with E-state index in [1.165, 1.54) is 22.9 Å². The first-order valence-electron chi connectivity index (χ1n) is 28.4. The number of hydrogen-bond acceptors (Lipinski definition) is 13. The highest BCUT2D eigenvalue weighted by molar-refractivity contribution is 6.32. The minimum absolute atomic E-state index is 0.0923. The number of carbonyl (C=O) groups is 1. The van der Waals surface area contributed by atoms with Crippen LogP contribution in [0.4, 0.5) is 35.9 Å². The van der Waals surface area contributed by atoms with Crippen molar-refractivity contribution in [2.75, 3.05) is 59.4 Å². The van der Waals surface area contributed by atoms with Gasteiger partial charge in [0.1, 0.15) is 5.76 Å². The van der Waals surface area contributed by atoms with Crippen molar-refractivity contribution in [2.45, 2.75) is 83.7 Å². The lowest BCUT2D eigenvalue weighted by Gasteiger charge is -2.38. The van der Waals surface area contributed by atoms with Crippen LogP contribution in [0.1, 0.15) is 72.1 Å². The van der Waals surface area contributed by atoms with E-state index in [0.717, 1.165) is 142 Å². The molecule has 0 radical (unpaired) electrons. The third-order valence-electron chi connectivity index (χ3n) is 17.2. The maximum Gasteiger partial charge on any atom is 0.416 e. The molecule has 17 rings (SSSR count). The number of amides is 1. The summed E-state index contributed by atoms with van der Waals surface area (Å²) < 4.78 is 49.4. The average Bonchev–Trinajstić information content (AvgIpc) is 2.43. The van der Waals surface area contributed by atoms with Crippen molar-refractivity contribution in [2.24, 2.45) is 20.0 Å². The Morgan fingerprint density at radius 3 is 1.76 bits per heavy atom. The van der Waals surface area contributed by atoms with Crippen LogP contribution in [0.25, 0.3) is 43.6 Å². The van der Waals surface area contributed by atoms with Gasteiger partial charge in [0.25, 0.3) is 0 Å². The molecule has 4 aromatic carbocycles. The van der Waals surface area contributed by atoms with Crippen LogP contribution in [-0.4, -0.2) is 122 Å². The van der Waals surface area contributed by atoms with Gasteiger partial charge in [-0.3, -0.25) is 34.6 Å². The normalized spacial score (nSPS) is 18.1. The largest absolute Gasteiger partial charge is 0.444 e. The molecule has 4 N–H and O–H groups in total. The Morgan fingerprint density at radius 2 is 1.17 bits per heavy atom. The number of H-pyrrole nitrogens is 4. The number of aromatic amines is 4. The molecule has 2 bridgehead atoms. The lowest BCUT2D eigenvalue weighted by molar-refractivity contribution is -0.138. The number of oxazole rings is 1. The number of nitrogens with zero attached hydrogens (tertiary/aromatic N) is 14. The molecule has 6 aliphatic rings. The van der Waals surface area contributed by atoms with Crippen molar-refractivity contribution >= 4 is 107 Å². The fourth-order valence-corrected chi connectivity index (χ4v) is 13.6. The predicted molar refractivity (Wildman–Crippen MR) is 327 cm³/mol. The van der Waals surface area contributed by atoms with E-state index in [9.17, 15) is 18.0 Å². The second-order valence-corrected chi connectivity index (χ2v) is 24.8. The number of halogens is 6. The number of aromatic nitrogens is 13. The van der Waals surface area contributed by atoms with Gasteiger partial charge in [-0.1, -0.05) is 48.7 Å². The highest BCUT2D eigenvalue weighted by Gasteiger charge is 2.41. The third kappa shape index (κ3) is 10.9.